The summed E-state index contributed by atoms with van der Waals surface area (Å²) in [6.07, 6.45) is 1.83. The average Bonchev–Trinajstić information content (AvgIpc) is 2.65. The molecule has 8 heteroatoms. The zero-order chi connectivity index (χ0) is 19.6. The van der Waals surface area contributed by atoms with Crippen molar-refractivity contribution in [2.45, 2.75) is 25.3 Å². The van der Waals surface area contributed by atoms with Crippen LogP contribution in [0, 0.1) is 11.6 Å². The van der Waals surface area contributed by atoms with E-state index in [2.05, 4.69) is 5.32 Å². The summed E-state index contributed by atoms with van der Waals surface area (Å²) in [6, 6.07) is 6.51. The quantitative estimate of drug-likeness (QED) is 0.778. The smallest absolute Gasteiger partial charge is 0.257 e. The Hall–Kier alpha value is -2.18. The first kappa shape index (κ1) is 19.6. The molecule has 4 nitrogen and oxygen atoms in total. The van der Waals surface area contributed by atoms with Crippen LogP contribution in [0.3, 0.4) is 0 Å². The zero-order valence-corrected chi connectivity index (χ0v) is 15.7. The summed E-state index contributed by atoms with van der Waals surface area (Å²) in [7, 11) is 0. The average molecular weight is 413 g/mol. The lowest BCUT2D eigenvalue weighted by atomic mass is 9.99. The van der Waals surface area contributed by atoms with Gasteiger partial charge in [-0.3, -0.25) is 9.59 Å². The van der Waals surface area contributed by atoms with Crippen LogP contribution in [0.4, 0.5) is 14.5 Å². The van der Waals surface area contributed by atoms with Gasteiger partial charge < -0.3 is 10.2 Å². The van der Waals surface area contributed by atoms with Gasteiger partial charge in [-0.05, 0) is 55.7 Å². The van der Waals surface area contributed by atoms with E-state index in [4.69, 9.17) is 23.2 Å². The fourth-order valence-corrected chi connectivity index (χ4v) is 3.53. The molecule has 0 saturated carbocycles. The maximum atomic E-state index is 14.0. The molecule has 0 spiro atoms. The van der Waals surface area contributed by atoms with E-state index in [1.165, 1.54) is 11.0 Å². The first-order valence-corrected chi connectivity index (χ1v) is 9.14. The van der Waals surface area contributed by atoms with Crippen LogP contribution >= 0.6 is 23.2 Å². The Bertz CT molecular complexity index is 892. The molecule has 1 unspecified atom stereocenters. The molecule has 1 heterocycles. The molecule has 0 bridgehead atoms. The summed E-state index contributed by atoms with van der Waals surface area (Å²) in [4.78, 5) is 26.8. The van der Waals surface area contributed by atoms with E-state index < -0.39 is 29.5 Å². The number of amides is 2. The number of halogens is 4. The van der Waals surface area contributed by atoms with Gasteiger partial charge in [0.05, 0.1) is 16.3 Å². The van der Waals surface area contributed by atoms with Gasteiger partial charge in [0.15, 0.2) is 0 Å². The number of hydrogen-bond donors (Lipinski definition) is 1. The summed E-state index contributed by atoms with van der Waals surface area (Å²) in [6.45, 7) is 0.279. The first-order chi connectivity index (χ1) is 12.9. The standard InChI is InChI=1S/C19H16Cl2F2N2O2/c20-11-4-7-16(14(21)9-11)24-18(26)17-3-1-2-8-25(17)19(27)13-10-12(22)5-6-15(13)23/h4-7,9-10,17H,1-3,8H2,(H,24,26). The van der Waals surface area contributed by atoms with Gasteiger partial charge in [0.2, 0.25) is 5.91 Å². The Morgan fingerprint density at radius 3 is 2.59 bits per heavy atom. The van der Waals surface area contributed by atoms with Crippen LogP contribution in [0.1, 0.15) is 29.6 Å². The van der Waals surface area contributed by atoms with Crippen molar-refractivity contribution in [2.24, 2.45) is 0 Å². The molecule has 1 aliphatic rings. The summed E-state index contributed by atoms with van der Waals surface area (Å²) >= 11 is 11.9. The third kappa shape index (κ3) is 4.39. The van der Waals surface area contributed by atoms with Crippen LogP contribution in [0.25, 0.3) is 0 Å². The molecule has 0 aromatic heterocycles. The highest BCUT2D eigenvalue weighted by Crippen LogP contribution is 2.27. The predicted octanol–water partition coefficient (Wildman–Crippen LogP) is 4.91. The maximum absolute atomic E-state index is 14.0. The van der Waals surface area contributed by atoms with Crippen molar-refractivity contribution >= 4 is 40.7 Å². The Morgan fingerprint density at radius 2 is 1.85 bits per heavy atom. The monoisotopic (exact) mass is 412 g/mol. The van der Waals surface area contributed by atoms with E-state index >= 15 is 0 Å². The van der Waals surface area contributed by atoms with Crippen molar-refractivity contribution < 1.29 is 18.4 Å². The molecule has 142 valence electrons. The van der Waals surface area contributed by atoms with Crippen LogP contribution in [0.5, 0.6) is 0 Å². The second kappa shape index (κ2) is 8.23. The lowest BCUT2D eigenvalue weighted by Crippen LogP contribution is -2.50. The van der Waals surface area contributed by atoms with Crippen LogP contribution in [0.2, 0.25) is 10.0 Å². The van der Waals surface area contributed by atoms with Gasteiger partial charge in [0.1, 0.15) is 17.7 Å². The largest absolute Gasteiger partial charge is 0.327 e. The van der Waals surface area contributed by atoms with Gasteiger partial charge in [-0.15, -0.1) is 0 Å². The molecule has 1 aliphatic heterocycles. The minimum atomic E-state index is -0.827. The molecule has 1 N–H and O–H groups in total. The number of anilines is 1. The minimum Gasteiger partial charge on any atom is -0.327 e. The molecule has 1 fully saturated rings. The van der Waals surface area contributed by atoms with Gasteiger partial charge in [-0.25, -0.2) is 8.78 Å². The second-order valence-corrected chi connectivity index (χ2v) is 7.09. The molecule has 2 aromatic rings. The molecule has 1 atom stereocenters. The van der Waals surface area contributed by atoms with E-state index in [9.17, 15) is 18.4 Å². The minimum absolute atomic E-state index is 0.265. The topological polar surface area (TPSA) is 49.4 Å². The lowest BCUT2D eigenvalue weighted by Gasteiger charge is -2.35. The molecule has 2 aromatic carbocycles. The Kier molecular flexibility index (Phi) is 5.97. The number of nitrogens with one attached hydrogen (secondary N) is 1. The highest BCUT2D eigenvalue weighted by Gasteiger charge is 2.34. The van der Waals surface area contributed by atoms with Crippen molar-refractivity contribution in [3.63, 3.8) is 0 Å². The second-order valence-electron chi connectivity index (χ2n) is 6.25. The number of carbonyl (C=O) groups is 2. The highest BCUT2D eigenvalue weighted by molar-refractivity contribution is 6.36. The van der Waals surface area contributed by atoms with Crippen LogP contribution in [-0.4, -0.2) is 29.3 Å². The van der Waals surface area contributed by atoms with Gasteiger partial charge in [0.25, 0.3) is 5.91 Å². The van der Waals surface area contributed by atoms with E-state index in [1.807, 2.05) is 0 Å². The van der Waals surface area contributed by atoms with E-state index in [0.717, 1.165) is 24.6 Å². The third-order valence-corrected chi connectivity index (χ3v) is 4.96. The van der Waals surface area contributed by atoms with Gasteiger partial charge in [-0.1, -0.05) is 23.2 Å². The number of carbonyl (C=O) groups excluding carboxylic acids is 2. The zero-order valence-electron chi connectivity index (χ0n) is 14.1. The van der Waals surface area contributed by atoms with Crippen LogP contribution in [-0.2, 0) is 4.79 Å². The molecule has 27 heavy (non-hydrogen) atoms. The molecular weight excluding hydrogens is 397 g/mol. The van der Waals surface area contributed by atoms with Crippen LogP contribution in [0.15, 0.2) is 36.4 Å². The number of likely N-dealkylation sites (tertiary alicyclic amines) is 1. The summed E-state index contributed by atoms with van der Waals surface area (Å²) in [5.41, 5.74) is -0.0276. The predicted molar refractivity (Wildman–Crippen MR) is 100 cm³/mol. The molecule has 0 radical (unpaired) electrons. The SMILES string of the molecule is O=C(Nc1ccc(Cl)cc1Cl)C1CCCCN1C(=O)c1cc(F)ccc1F. The van der Waals surface area contributed by atoms with Crippen molar-refractivity contribution in [3.8, 4) is 0 Å². The Balaban J connectivity index is 1.83. The Morgan fingerprint density at radius 1 is 1.07 bits per heavy atom. The normalized spacial score (nSPS) is 16.9. The lowest BCUT2D eigenvalue weighted by molar-refractivity contribution is -0.121. The van der Waals surface area contributed by atoms with Gasteiger partial charge in [-0.2, -0.15) is 0 Å². The number of hydrogen-bond acceptors (Lipinski definition) is 2. The number of piperidine rings is 1. The van der Waals surface area contributed by atoms with Gasteiger partial charge >= 0.3 is 0 Å². The summed E-state index contributed by atoms with van der Waals surface area (Å²) in [5, 5.41) is 3.37. The van der Waals surface area contributed by atoms with E-state index in [-0.39, 0.29) is 17.1 Å². The first-order valence-electron chi connectivity index (χ1n) is 8.39. The molecule has 2 amide bonds. The molecule has 0 aliphatic carbocycles. The van der Waals surface area contributed by atoms with Crippen molar-refractivity contribution in [3.05, 3.63) is 63.6 Å². The van der Waals surface area contributed by atoms with Gasteiger partial charge in [0, 0.05) is 11.6 Å². The van der Waals surface area contributed by atoms with E-state index in [0.29, 0.717) is 23.6 Å². The molecule has 1 saturated heterocycles. The number of rotatable bonds is 3. The fourth-order valence-electron chi connectivity index (χ4n) is 3.07. The molecule has 3 rings (SSSR count). The van der Waals surface area contributed by atoms with Crippen molar-refractivity contribution in [1.29, 1.82) is 0 Å². The highest BCUT2D eigenvalue weighted by atomic mass is 35.5. The number of benzene rings is 2. The van der Waals surface area contributed by atoms with E-state index in [1.54, 1.807) is 12.1 Å². The molecular formula is C19H16Cl2F2N2O2. The Labute approximate surface area is 165 Å². The third-order valence-electron chi connectivity index (χ3n) is 4.41. The fraction of sp³-hybridized carbons (Fsp3) is 0.263. The number of nitrogens with zero attached hydrogens (tertiary/aromatic N) is 1. The summed E-state index contributed by atoms with van der Waals surface area (Å²) < 4.78 is 27.4. The summed E-state index contributed by atoms with van der Waals surface area (Å²) in [5.74, 6) is -2.70. The maximum Gasteiger partial charge on any atom is 0.257 e. The van der Waals surface area contributed by atoms with Crippen LogP contribution < -0.4 is 5.32 Å². The van der Waals surface area contributed by atoms with Crippen molar-refractivity contribution in [2.75, 3.05) is 11.9 Å². The van der Waals surface area contributed by atoms with Crippen molar-refractivity contribution in [1.82, 2.24) is 4.90 Å².